The first kappa shape index (κ1) is 14.8. The molecule has 1 saturated heterocycles. The highest BCUT2D eigenvalue weighted by molar-refractivity contribution is 9.09. The van der Waals surface area contributed by atoms with Crippen LogP contribution in [-0.2, 0) is 4.74 Å². The average molecular weight is 351 g/mol. The molecule has 2 unspecified atom stereocenters. The van der Waals surface area contributed by atoms with E-state index in [-0.39, 0.29) is 23.1 Å². The summed E-state index contributed by atoms with van der Waals surface area (Å²) < 4.78 is 18.7. The Labute approximate surface area is 124 Å². The van der Waals surface area contributed by atoms with E-state index in [1.807, 2.05) is 6.92 Å². The first-order valence-electron chi connectivity index (χ1n) is 5.97. The molecule has 1 aromatic rings. The Hall–Kier alpha value is -0.650. The number of halogens is 3. The summed E-state index contributed by atoms with van der Waals surface area (Å²) in [6, 6.07) is 3.81. The molecule has 19 heavy (non-hydrogen) atoms. The lowest BCUT2D eigenvalue weighted by molar-refractivity contribution is -0.0559. The van der Waals surface area contributed by atoms with Gasteiger partial charge in [-0.15, -0.1) is 0 Å². The van der Waals surface area contributed by atoms with Crippen molar-refractivity contribution in [1.82, 2.24) is 4.90 Å². The predicted molar refractivity (Wildman–Crippen MR) is 75.4 cm³/mol. The molecule has 0 aliphatic carbocycles. The van der Waals surface area contributed by atoms with E-state index in [1.165, 1.54) is 12.1 Å². The molecule has 104 valence electrons. The summed E-state index contributed by atoms with van der Waals surface area (Å²) in [6.45, 7) is 2.93. The molecule has 0 saturated carbocycles. The molecule has 0 aromatic heterocycles. The fourth-order valence-corrected chi connectivity index (χ4v) is 2.73. The second-order valence-electron chi connectivity index (χ2n) is 4.56. The minimum absolute atomic E-state index is 0.0283. The smallest absolute Gasteiger partial charge is 0.255 e. The molecule has 1 aliphatic rings. The quantitative estimate of drug-likeness (QED) is 0.767. The van der Waals surface area contributed by atoms with Crippen LogP contribution in [0.3, 0.4) is 0 Å². The van der Waals surface area contributed by atoms with Gasteiger partial charge in [-0.25, -0.2) is 4.39 Å². The van der Waals surface area contributed by atoms with E-state index in [0.29, 0.717) is 24.0 Å². The summed E-state index contributed by atoms with van der Waals surface area (Å²) in [7, 11) is 0. The predicted octanol–water partition coefficient (Wildman–Crippen LogP) is 3.10. The normalized spacial score (nSPS) is 23.5. The van der Waals surface area contributed by atoms with Crippen molar-refractivity contribution in [2.75, 3.05) is 18.4 Å². The third-order valence-electron chi connectivity index (χ3n) is 2.95. The molecule has 1 heterocycles. The molecule has 2 atom stereocenters. The van der Waals surface area contributed by atoms with Gasteiger partial charge in [0.15, 0.2) is 0 Å². The van der Waals surface area contributed by atoms with Gasteiger partial charge in [0.05, 0.1) is 22.8 Å². The van der Waals surface area contributed by atoms with Gasteiger partial charge in [0.25, 0.3) is 5.91 Å². The Morgan fingerprint density at radius 2 is 2.32 bits per heavy atom. The highest BCUT2D eigenvalue weighted by Crippen LogP contribution is 2.21. The Morgan fingerprint density at radius 1 is 1.58 bits per heavy atom. The third-order valence-corrected chi connectivity index (χ3v) is 3.98. The molecule has 1 aliphatic heterocycles. The SMILES string of the molecule is CC1CN(C(=O)c2ccc(F)cc2Cl)CC(CBr)O1. The number of hydrogen-bond acceptors (Lipinski definition) is 2. The number of morpholine rings is 1. The molecule has 0 N–H and O–H groups in total. The van der Waals surface area contributed by atoms with Gasteiger partial charge in [-0.2, -0.15) is 0 Å². The van der Waals surface area contributed by atoms with Crippen molar-refractivity contribution in [3.63, 3.8) is 0 Å². The van der Waals surface area contributed by atoms with Crippen LogP contribution in [0.4, 0.5) is 4.39 Å². The molecular formula is C13H14BrClFNO2. The number of benzene rings is 1. The van der Waals surface area contributed by atoms with Crippen LogP contribution in [0.1, 0.15) is 17.3 Å². The van der Waals surface area contributed by atoms with E-state index in [9.17, 15) is 9.18 Å². The van der Waals surface area contributed by atoms with Crippen LogP contribution in [0.2, 0.25) is 5.02 Å². The van der Waals surface area contributed by atoms with Gasteiger partial charge in [0.2, 0.25) is 0 Å². The van der Waals surface area contributed by atoms with Crippen molar-refractivity contribution in [2.24, 2.45) is 0 Å². The molecule has 1 fully saturated rings. The zero-order chi connectivity index (χ0) is 14.0. The van der Waals surface area contributed by atoms with Gasteiger partial charge in [-0.3, -0.25) is 4.79 Å². The van der Waals surface area contributed by atoms with Gasteiger partial charge >= 0.3 is 0 Å². The van der Waals surface area contributed by atoms with Crippen LogP contribution in [0.15, 0.2) is 18.2 Å². The van der Waals surface area contributed by atoms with Gasteiger partial charge in [0.1, 0.15) is 5.82 Å². The maximum absolute atomic E-state index is 13.0. The molecule has 2 rings (SSSR count). The van der Waals surface area contributed by atoms with E-state index in [1.54, 1.807) is 4.90 Å². The lowest BCUT2D eigenvalue weighted by Gasteiger charge is -2.36. The molecule has 3 nitrogen and oxygen atoms in total. The monoisotopic (exact) mass is 349 g/mol. The number of hydrogen-bond donors (Lipinski definition) is 0. The van der Waals surface area contributed by atoms with Crippen molar-refractivity contribution >= 4 is 33.4 Å². The highest BCUT2D eigenvalue weighted by Gasteiger charge is 2.29. The summed E-state index contributed by atoms with van der Waals surface area (Å²) >= 11 is 9.28. The van der Waals surface area contributed by atoms with E-state index < -0.39 is 5.82 Å². The second-order valence-corrected chi connectivity index (χ2v) is 5.61. The molecular weight excluding hydrogens is 337 g/mol. The van der Waals surface area contributed by atoms with Gasteiger partial charge in [-0.1, -0.05) is 27.5 Å². The van der Waals surface area contributed by atoms with Crippen molar-refractivity contribution < 1.29 is 13.9 Å². The number of carbonyl (C=O) groups excluding carboxylic acids is 1. The van der Waals surface area contributed by atoms with Crippen molar-refractivity contribution in [3.05, 3.63) is 34.6 Å². The summed E-state index contributed by atoms with van der Waals surface area (Å²) in [4.78, 5) is 14.1. The lowest BCUT2D eigenvalue weighted by Crippen LogP contribution is -2.49. The van der Waals surface area contributed by atoms with Crippen LogP contribution in [0, 0.1) is 5.82 Å². The number of ether oxygens (including phenoxy) is 1. The minimum Gasteiger partial charge on any atom is -0.371 e. The van der Waals surface area contributed by atoms with E-state index in [0.717, 1.165) is 6.07 Å². The van der Waals surface area contributed by atoms with Crippen molar-refractivity contribution in [1.29, 1.82) is 0 Å². The first-order valence-corrected chi connectivity index (χ1v) is 7.47. The Bertz CT molecular complexity index is 486. The second kappa shape index (κ2) is 6.20. The van der Waals surface area contributed by atoms with E-state index in [2.05, 4.69) is 15.9 Å². The van der Waals surface area contributed by atoms with E-state index >= 15 is 0 Å². The van der Waals surface area contributed by atoms with Crippen LogP contribution >= 0.6 is 27.5 Å². The van der Waals surface area contributed by atoms with Crippen LogP contribution in [0.5, 0.6) is 0 Å². The average Bonchev–Trinajstić information content (AvgIpc) is 2.37. The van der Waals surface area contributed by atoms with Crippen LogP contribution in [0.25, 0.3) is 0 Å². The third kappa shape index (κ3) is 3.46. The van der Waals surface area contributed by atoms with Crippen LogP contribution < -0.4 is 0 Å². The number of carbonyl (C=O) groups is 1. The summed E-state index contributed by atoms with van der Waals surface area (Å²) in [6.07, 6.45) is -0.0635. The zero-order valence-electron chi connectivity index (χ0n) is 10.4. The van der Waals surface area contributed by atoms with Gasteiger partial charge < -0.3 is 9.64 Å². The highest BCUT2D eigenvalue weighted by atomic mass is 79.9. The molecule has 1 aromatic carbocycles. The molecule has 0 bridgehead atoms. The fourth-order valence-electron chi connectivity index (χ4n) is 2.13. The molecule has 0 spiro atoms. The number of nitrogens with zero attached hydrogens (tertiary/aromatic N) is 1. The summed E-state index contributed by atoms with van der Waals surface area (Å²) in [5.74, 6) is -0.638. The standard InChI is InChI=1S/C13H14BrClFNO2/c1-8-6-17(7-10(5-14)19-8)13(18)11-3-2-9(16)4-12(11)15/h2-4,8,10H,5-7H2,1H3. The minimum atomic E-state index is -0.449. The number of rotatable bonds is 2. The number of amides is 1. The van der Waals surface area contributed by atoms with Gasteiger partial charge in [0, 0.05) is 18.4 Å². The summed E-state index contributed by atoms with van der Waals surface area (Å²) in [5, 5.41) is 0.803. The number of alkyl halides is 1. The zero-order valence-corrected chi connectivity index (χ0v) is 12.7. The summed E-state index contributed by atoms with van der Waals surface area (Å²) in [5.41, 5.74) is 0.325. The Morgan fingerprint density at radius 3 is 2.95 bits per heavy atom. The topological polar surface area (TPSA) is 29.5 Å². The largest absolute Gasteiger partial charge is 0.371 e. The maximum atomic E-state index is 13.0. The molecule has 6 heteroatoms. The fraction of sp³-hybridized carbons (Fsp3) is 0.462. The lowest BCUT2D eigenvalue weighted by atomic mass is 10.1. The van der Waals surface area contributed by atoms with Crippen molar-refractivity contribution in [3.8, 4) is 0 Å². The van der Waals surface area contributed by atoms with Crippen LogP contribution in [-0.4, -0.2) is 41.4 Å². The molecule has 1 amide bonds. The Kier molecular flexibility index (Phi) is 4.81. The Balaban J connectivity index is 2.18. The maximum Gasteiger partial charge on any atom is 0.255 e. The van der Waals surface area contributed by atoms with Crippen molar-refractivity contribution in [2.45, 2.75) is 19.1 Å². The van der Waals surface area contributed by atoms with Gasteiger partial charge in [-0.05, 0) is 25.1 Å². The first-order chi connectivity index (χ1) is 9.01. The van der Waals surface area contributed by atoms with E-state index in [4.69, 9.17) is 16.3 Å². The molecule has 0 radical (unpaired) electrons.